The van der Waals surface area contributed by atoms with Gasteiger partial charge in [-0.1, -0.05) is 31.9 Å². The summed E-state index contributed by atoms with van der Waals surface area (Å²) < 4.78 is 10.1. The molecule has 10 heteroatoms. The molecule has 1 amide bonds. The summed E-state index contributed by atoms with van der Waals surface area (Å²) in [5.74, 6) is 1.39. The number of rotatable bonds is 10. The number of aryl methyl sites for hydroxylation is 1. The zero-order valence-corrected chi connectivity index (χ0v) is 20.7. The van der Waals surface area contributed by atoms with Crippen molar-refractivity contribution in [3.05, 3.63) is 56.5 Å². The molecule has 35 heavy (non-hydrogen) atoms. The summed E-state index contributed by atoms with van der Waals surface area (Å²) in [5, 5.41) is 2.87. The van der Waals surface area contributed by atoms with Crippen LogP contribution in [0.5, 0.6) is 5.75 Å². The smallest absolute Gasteiger partial charge is 0.332 e. The van der Waals surface area contributed by atoms with Gasteiger partial charge in [0.15, 0.2) is 17.8 Å². The molecule has 0 aliphatic carbocycles. The minimum atomic E-state index is -0.366. The van der Waals surface area contributed by atoms with Gasteiger partial charge in [-0.15, -0.1) is 0 Å². The minimum Gasteiger partial charge on any atom is -0.484 e. The van der Waals surface area contributed by atoms with E-state index in [2.05, 4.69) is 22.1 Å². The number of amides is 1. The van der Waals surface area contributed by atoms with Gasteiger partial charge in [0.25, 0.3) is 11.5 Å². The molecule has 0 spiro atoms. The van der Waals surface area contributed by atoms with Gasteiger partial charge in [0.1, 0.15) is 11.6 Å². The highest BCUT2D eigenvalue weighted by molar-refractivity contribution is 5.77. The van der Waals surface area contributed by atoms with Crippen molar-refractivity contribution >= 4 is 17.1 Å². The summed E-state index contributed by atoms with van der Waals surface area (Å²) in [6, 6.07) is 7.83. The summed E-state index contributed by atoms with van der Waals surface area (Å²) in [7, 11) is 3.15. The highest BCUT2D eigenvalue weighted by Crippen LogP contribution is 2.18. The molecule has 10 nitrogen and oxygen atoms in total. The summed E-state index contributed by atoms with van der Waals surface area (Å²) in [6.45, 7) is 5.78. The molecule has 3 aromatic rings. The quantitative estimate of drug-likeness (QED) is 0.435. The number of unbranched alkanes of at least 4 members (excludes halogenated alkanes) is 2. The van der Waals surface area contributed by atoms with Crippen LogP contribution in [0, 0.1) is 0 Å². The summed E-state index contributed by atoms with van der Waals surface area (Å²) in [5.41, 5.74) is 1.45. The van der Waals surface area contributed by atoms with Crippen LogP contribution in [0.1, 0.15) is 37.6 Å². The van der Waals surface area contributed by atoms with E-state index >= 15 is 0 Å². The second-order valence-electron chi connectivity index (χ2n) is 9.07. The Morgan fingerprint density at radius 3 is 2.60 bits per heavy atom. The molecule has 0 atom stereocenters. The third kappa shape index (κ3) is 5.48. The Morgan fingerprint density at radius 2 is 1.86 bits per heavy atom. The van der Waals surface area contributed by atoms with E-state index < -0.39 is 0 Å². The van der Waals surface area contributed by atoms with Crippen LogP contribution in [0.15, 0.2) is 33.9 Å². The fourth-order valence-electron chi connectivity index (χ4n) is 4.41. The number of hydrogen-bond donors (Lipinski definition) is 1. The number of ether oxygens (including phenoxy) is 1. The van der Waals surface area contributed by atoms with Crippen molar-refractivity contribution in [3.63, 3.8) is 0 Å². The second kappa shape index (κ2) is 10.9. The molecule has 0 fully saturated rings. The van der Waals surface area contributed by atoms with E-state index in [9.17, 15) is 14.4 Å². The van der Waals surface area contributed by atoms with E-state index in [0.29, 0.717) is 36.5 Å². The van der Waals surface area contributed by atoms with Crippen molar-refractivity contribution in [2.75, 3.05) is 26.2 Å². The van der Waals surface area contributed by atoms with Crippen LogP contribution in [0.3, 0.4) is 0 Å². The van der Waals surface area contributed by atoms with Gasteiger partial charge >= 0.3 is 5.69 Å². The van der Waals surface area contributed by atoms with Crippen LogP contribution < -0.4 is 21.3 Å². The van der Waals surface area contributed by atoms with Crippen LogP contribution in [-0.4, -0.2) is 55.7 Å². The maximum atomic E-state index is 12.7. The molecule has 0 unspecified atom stereocenters. The average Bonchev–Trinajstić information content (AvgIpc) is 3.26. The van der Waals surface area contributed by atoms with E-state index in [1.54, 1.807) is 7.05 Å². The molecule has 1 N–H and O–H groups in total. The number of carbonyl (C=O) groups is 1. The Kier molecular flexibility index (Phi) is 7.70. The lowest BCUT2D eigenvalue weighted by Gasteiger charge is -2.27. The highest BCUT2D eigenvalue weighted by atomic mass is 16.5. The molecule has 1 aliphatic heterocycles. The van der Waals surface area contributed by atoms with Gasteiger partial charge in [-0.05, 0) is 30.5 Å². The van der Waals surface area contributed by atoms with Gasteiger partial charge in [-0.2, -0.15) is 0 Å². The van der Waals surface area contributed by atoms with Gasteiger partial charge in [-0.3, -0.25) is 23.6 Å². The van der Waals surface area contributed by atoms with Crippen molar-refractivity contribution in [1.29, 1.82) is 0 Å². The molecule has 1 aliphatic rings. The first-order valence-corrected chi connectivity index (χ1v) is 12.2. The van der Waals surface area contributed by atoms with Crippen LogP contribution in [0.4, 0.5) is 0 Å². The maximum Gasteiger partial charge on any atom is 0.332 e. The first-order valence-electron chi connectivity index (χ1n) is 12.2. The number of nitrogens with zero attached hydrogens (tertiary/aromatic N) is 5. The monoisotopic (exact) mass is 482 g/mol. The van der Waals surface area contributed by atoms with Gasteiger partial charge < -0.3 is 14.6 Å². The molecule has 0 bridgehead atoms. The fraction of sp³-hybridized carbons (Fsp3) is 0.520. The molecule has 1 aromatic carbocycles. The molecular weight excluding hydrogens is 448 g/mol. The van der Waals surface area contributed by atoms with Crippen molar-refractivity contribution in [2.24, 2.45) is 14.1 Å². The third-order valence-electron chi connectivity index (χ3n) is 6.54. The van der Waals surface area contributed by atoms with E-state index in [1.165, 1.54) is 17.2 Å². The molecule has 0 saturated carbocycles. The summed E-state index contributed by atoms with van der Waals surface area (Å²) in [4.78, 5) is 43.7. The minimum absolute atomic E-state index is 0.0228. The lowest BCUT2D eigenvalue weighted by molar-refractivity contribution is -0.123. The number of benzene rings is 1. The highest BCUT2D eigenvalue weighted by Gasteiger charge is 2.24. The predicted molar refractivity (Wildman–Crippen MR) is 134 cm³/mol. The van der Waals surface area contributed by atoms with Gasteiger partial charge in [0.2, 0.25) is 0 Å². The number of carbonyl (C=O) groups excluding carboxylic acids is 1. The lowest BCUT2D eigenvalue weighted by atomic mass is 10.1. The Balaban J connectivity index is 1.30. The van der Waals surface area contributed by atoms with Crippen molar-refractivity contribution in [1.82, 2.24) is 28.9 Å². The molecule has 3 heterocycles. The molecule has 4 rings (SSSR count). The Labute approximate surface area is 204 Å². The maximum absolute atomic E-state index is 12.7. The largest absolute Gasteiger partial charge is 0.484 e. The number of nitrogens with one attached hydrogen (secondary N) is 1. The number of fused-ring (bicyclic) bond motifs is 3. The zero-order chi connectivity index (χ0) is 24.9. The Bertz CT molecular complexity index is 1300. The van der Waals surface area contributed by atoms with Crippen LogP contribution in [0.2, 0.25) is 0 Å². The van der Waals surface area contributed by atoms with Gasteiger partial charge in [0.05, 0.1) is 6.54 Å². The fourth-order valence-corrected chi connectivity index (χ4v) is 4.41. The van der Waals surface area contributed by atoms with Crippen LogP contribution in [0.25, 0.3) is 11.2 Å². The molecule has 188 valence electrons. The Morgan fingerprint density at radius 1 is 1.09 bits per heavy atom. The second-order valence-corrected chi connectivity index (χ2v) is 9.07. The van der Waals surface area contributed by atoms with E-state index in [-0.39, 0.29) is 23.8 Å². The van der Waals surface area contributed by atoms with E-state index in [4.69, 9.17) is 4.74 Å². The zero-order valence-electron chi connectivity index (χ0n) is 20.7. The van der Waals surface area contributed by atoms with Crippen LogP contribution >= 0.6 is 0 Å². The number of aromatic nitrogens is 4. The van der Waals surface area contributed by atoms with Crippen LogP contribution in [-0.2, 0) is 38.4 Å². The normalized spacial score (nSPS) is 13.7. The average molecular weight is 483 g/mol. The molecule has 0 radical (unpaired) electrons. The van der Waals surface area contributed by atoms with E-state index in [1.807, 2.05) is 28.8 Å². The first-order chi connectivity index (χ1) is 16.9. The molecule has 2 aromatic heterocycles. The van der Waals surface area contributed by atoms with Crippen molar-refractivity contribution in [3.8, 4) is 5.75 Å². The van der Waals surface area contributed by atoms with Crippen molar-refractivity contribution < 1.29 is 9.53 Å². The Hall–Kier alpha value is -3.40. The SMILES string of the molecule is CCCCCNC(=O)COc1ccc(CCN2CCn3c(nc4c3c(=O)n(C)c(=O)n4C)C2)cc1. The van der Waals surface area contributed by atoms with Gasteiger partial charge in [-0.25, -0.2) is 9.78 Å². The van der Waals surface area contributed by atoms with Gasteiger partial charge in [0, 0.05) is 40.3 Å². The summed E-state index contributed by atoms with van der Waals surface area (Å²) in [6.07, 6.45) is 4.09. The lowest BCUT2D eigenvalue weighted by Crippen LogP contribution is -2.39. The molecular formula is C25H34N6O4. The molecule has 0 saturated heterocycles. The van der Waals surface area contributed by atoms with E-state index in [0.717, 1.165) is 49.2 Å². The first kappa shape index (κ1) is 24.7. The number of imidazole rings is 1. The topological polar surface area (TPSA) is 103 Å². The third-order valence-corrected chi connectivity index (χ3v) is 6.54. The van der Waals surface area contributed by atoms with Crippen molar-refractivity contribution in [2.45, 2.75) is 45.7 Å². The standard InChI is InChI=1S/C25H34N6O4/c1-4-5-6-12-26-21(32)17-35-19-9-7-18(8-10-19)11-13-30-14-15-31-20(16-30)27-23-22(31)24(33)29(3)25(34)28(23)2/h7-10H,4-6,11-17H2,1-3H3,(H,26,32). The summed E-state index contributed by atoms with van der Waals surface area (Å²) >= 11 is 0. The number of hydrogen-bond acceptors (Lipinski definition) is 6. The predicted octanol–water partition coefficient (Wildman–Crippen LogP) is 1.18.